The fraction of sp³-hybridized carbons (Fsp3) is 0.789. The third kappa shape index (κ3) is 9.06. The van der Waals surface area contributed by atoms with Gasteiger partial charge < -0.3 is 34.1 Å². The van der Waals surface area contributed by atoms with Crippen molar-refractivity contribution in [2.75, 3.05) is 19.8 Å². The van der Waals surface area contributed by atoms with Crippen molar-refractivity contribution in [3.05, 3.63) is 0 Å². The monoisotopic (exact) mass is 433 g/mol. The minimum absolute atomic E-state index is 0.0670. The largest absolute Gasteiger partial charge is 0.463 e. The second-order valence-electron chi connectivity index (χ2n) is 6.87. The van der Waals surface area contributed by atoms with E-state index in [1.807, 2.05) is 0 Å². The fourth-order valence-electron chi connectivity index (χ4n) is 3.02. The molecule has 11 heteroatoms. The highest BCUT2D eigenvalue weighted by Crippen LogP contribution is 2.28. The molecule has 1 heterocycles. The first kappa shape index (κ1) is 25.8. The average molecular weight is 433 g/mol. The number of hydrogen-bond donors (Lipinski definition) is 2. The third-order valence-corrected chi connectivity index (χ3v) is 4.16. The lowest BCUT2D eigenvalue weighted by Crippen LogP contribution is -2.66. The normalized spacial score (nSPS) is 25.8. The Morgan fingerprint density at radius 3 is 2.07 bits per heavy atom. The van der Waals surface area contributed by atoms with Crippen molar-refractivity contribution in [3.8, 4) is 0 Å². The minimum atomic E-state index is -1.14. The minimum Gasteiger partial charge on any atom is -0.463 e. The maximum atomic E-state index is 11.8. The highest BCUT2D eigenvalue weighted by Gasteiger charge is 2.51. The first-order valence-electron chi connectivity index (χ1n) is 9.78. The van der Waals surface area contributed by atoms with Crippen LogP contribution in [0.1, 0.15) is 47.0 Å². The first-order chi connectivity index (χ1) is 14.1. The molecule has 1 amide bonds. The van der Waals surface area contributed by atoms with Crippen LogP contribution >= 0.6 is 0 Å². The number of carbonyl (C=O) groups is 4. The maximum absolute atomic E-state index is 11.8. The Morgan fingerprint density at radius 2 is 1.53 bits per heavy atom. The number of hydrogen-bond acceptors (Lipinski definition) is 10. The summed E-state index contributed by atoms with van der Waals surface area (Å²) in [7, 11) is 0. The second kappa shape index (κ2) is 13.1. The Bertz CT molecular complexity index is 596. The highest BCUT2D eigenvalue weighted by atomic mass is 16.7. The average Bonchev–Trinajstić information content (AvgIpc) is 2.63. The van der Waals surface area contributed by atoms with Crippen molar-refractivity contribution in [2.45, 2.75) is 77.6 Å². The summed E-state index contributed by atoms with van der Waals surface area (Å²) >= 11 is 0. The Kier molecular flexibility index (Phi) is 11.3. The molecule has 11 nitrogen and oxygen atoms in total. The summed E-state index contributed by atoms with van der Waals surface area (Å²) in [6.45, 7) is 4.87. The number of esters is 3. The van der Waals surface area contributed by atoms with E-state index in [1.54, 1.807) is 0 Å². The molecular weight excluding hydrogens is 402 g/mol. The van der Waals surface area contributed by atoms with E-state index in [-0.39, 0.29) is 19.8 Å². The zero-order valence-electron chi connectivity index (χ0n) is 17.8. The van der Waals surface area contributed by atoms with Gasteiger partial charge in [-0.2, -0.15) is 0 Å². The van der Waals surface area contributed by atoms with Crippen molar-refractivity contribution in [1.29, 1.82) is 0 Å². The Balaban J connectivity index is 3.13. The number of aliphatic hydroxyl groups excluding tert-OH is 1. The molecular formula is C19H31NO10. The van der Waals surface area contributed by atoms with E-state index in [1.165, 1.54) is 27.7 Å². The van der Waals surface area contributed by atoms with Gasteiger partial charge in [0.15, 0.2) is 18.5 Å². The van der Waals surface area contributed by atoms with Crippen LogP contribution in [0.15, 0.2) is 0 Å². The van der Waals surface area contributed by atoms with Gasteiger partial charge in [-0.25, -0.2) is 0 Å². The van der Waals surface area contributed by atoms with Gasteiger partial charge in [0.2, 0.25) is 5.91 Å². The zero-order chi connectivity index (χ0) is 22.7. The molecule has 0 saturated carbocycles. The van der Waals surface area contributed by atoms with Gasteiger partial charge in [-0.05, 0) is 19.3 Å². The van der Waals surface area contributed by atoms with Crippen LogP contribution in [-0.4, -0.2) is 79.4 Å². The van der Waals surface area contributed by atoms with E-state index in [0.717, 1.165) is 0 Å². The standard InChI is InChI=1S/C19H31NO10/c1-11(22)20-16-18(29-14(4)25)17(28-13(3)24)15(10-27-12(2)23)30-19(16)26-9-7-5-6-8-21/h15-19,21H,5-10H2,1-4H3,(H,20,22)/t15-,16-,17+,18-,19-/m1/s1. The van der Waals surface area contributed by atoms with Crippen LogP contribution in [0.25, 0.3) is 0 Å². The summed E-state index contributed by atoms with van der Waals surface area (Å²) in [4.78, 5) is 46.4. The van der Waals surface area contributed by atoms with Crippen LogP contribution in [0.2, 0.25) is 0 Å². The number of ether oxygens (including phenoxy) is 5. The zero-order valence-corrected chi connectivity index (χ0v) is 17.8. The molecule has 0 radical (unpaired) electrons. The van der Waals surface area contributed by atoms with Crippen LogP contribution in [0.4, 0.5) is 0 Å². The molecule has 1 aliphatic rings. The molecule has 0 bridgehead atoms. The molecule has 1 rings (SSSR count). The van der Waals surface area contributed by atoms with Crippen LogP contribution in [0.5, 0.6) is 0 Å². The number of unbranched alkanes of at least 4 members (excludes halogenated alkanes) is 2. The highest BCUT2D eigenvalue weighted by molar-refractivity contribution is 5.73. The van der Waals surface area contributed by atoms with Crippen LogP contribution in [-0.2, 0) is 42.9 Å². The third-order valence-electron chi connectivity index (χ3n) is 4.16. The molecule has 172 valence electrons. The van der Waals surface area contributed by atoms with Gasteiger partial charge in [0, 0.05) is 40.9 Å². The van der Waals surface area contributed by atoms with Crippen molar-refractivity contribution in [1.82, 2.24) is 5.32 Å². The molecule has 1 fully saturated rings. The van der Waals surface area contributed by atoms with Crippen molar-refractivity contribution in [2.24, 2.45) is 0 Å². The Hall–Kier alpha value is -2.24. The van der Waals surface area contributed by atoms with Gasteiger partial charge in [0.25, 0.3) is 0 Å². The lowest BCUT2D eigenvalue weighted by atomic mass is 9.96. The number of aliphatic hydroxyl groups is 1. The van der Waals surface area contributed by atoms with Gasteiger partial charge in [0.05, 0.1) is 0 Å². The topological polar surface area (TPSA) is 147 Å². The molecule has 0 aromatic carbocycles. The van der Waals surface area contributed by atoms with Gasteiger partial charge in [-0.1, -0.05) is 0 Å². The van der Waals surface area contributed by atoms with Crippen molar-refractivity contribution < 1.29 is 48.0 Å². The molecule has 1 aliphatic heterocycles. The summed E-state index contributed by atoms with van der Waals surface area (Å²) in [5.74, 6) is -2.34. The van der Waals surface area contributed by atoms with E-state index in [9.17, 15) is 19.2 Å². The lowest BCUT2D eigenvalue weighted by molar-refractivity contribution is -0.277. The number of rotatable bonds is 11. The molecule has 30 heavy (non-hydrogen) atoms. The lowest BCUT2D eigenvalue weighted by Gasteiger charge is -2.44. The summed E-state index contributed by atoms with van der Waals surface area (Å²) in [6, 6.07) is -0.970. The Morgan fingerprint density at radius 1 is 0.900 bits per heavy atom. The quantitative estimate of drug-likeness (QED) is 0.255. The molecule has 0 unspecified atom stereocenters. The van der Waals surface area contributed by atoms with E-state index in [0.29, 0.717) is 19.3 Å². The molecule has 0 aromatic rings. The summed E-state index contributed by atoms with van der Waals surface area (Å²) in [6.07, 6.45) is -2.37. The first-order valence-corrected chi connectivity index (χ1v) is 9.78. The smallest absolute Gasteiger partial charge is 0.303 e. The molecule has 0 aliphatic carbocycles. The van der Waals surface area contributed by atoms with Gasteiger partial charge >= 0.3 is 17.9 Å². The second-order valence-corrected chi connectivity index (χ2v) is 6.87. The maximum Gasteiger partial charge on any atom is 0.303 e. The van der Waals surface area contributed by atoms with Crippen molar-refractivity contribution in [3.63, 3.8) is 0 Å². The SMILES string of the molecule is CC(=O)N[C@H]1[C@H](OCCCCCO)O[C@H](COC(C)=O)[C@H](OC(C)=O)[C@@H]1OC(C)=O. The van der Waals surface area contributed by atoms with Gasteiger partial charge in [-0.15, -0.1) is 0 Å². The van der Waals surface area contributed by atoms with Gasteiger partial charge in [0.1, 0.15) is 18.8 Å². The predicted molar refractivity (Wildman–Crippen MR) is 101 cm³/mol. The molecule has 0 spiro atoms. The number of amides is 1. The van der Waals surface area contributed by atoms with Crippen LogP contribution < -0.4 is 5.32 Å². The summed E-state index contributed by atoms with van der Waals surface area (Å²) in [5.41, 5.74) is 0. The molecule has 1 saturated heterocycles. The fourth-order valence-corrected chi connectivity index (χ4v) is 3.02. The van der Waals surface area contributed by atoms with Crippen LogP contribution in [0, 0.1) is 0 Å². The van der Waals surface area contributed by atoms with Crippen LogP contribution in [0.3, 0.4) is 0 Å². The van der Waals surface area contributed by atoms with E-state index < -0.39 is 54.5 Å². The van der Waals surface area contributed by atoms with Gasteiger partial charge in [-0.3, -0.25) is 19.2 Å². The van der Waals surface area contributed by atoms with E-state index in [4.69, 9.17) is 28.8 Å². The molecule has 5 atom stereocenters. The number of carbonyl (C=O) groups excluding carboxylic acids is 4. The van der Waals surface area contributed by atoms with E-state index in [2.05, 4.69) is 5.32 Å². The van der Waals surface area contributed by atoms with Crippen molar-refractivity contribution >= 4 is 23.8 Å². The summed E-state index contributed by atoms with van der Waals surface area (Å²) < 4.78 is 27.3. The summed E-state index contributed by atoms with van der Waals surface area (Å²) in [5, 5.41) is 11.5. The van der Waals surface area contributed by atoms with E-state index >= 15 is 0 Å². The number of nitrogens with one attached hydrogen (secondary N) is 1. The Labute approximate surface area is 175 Å². The predicted octanol–water partition coefficient (Wildman–Crippen LogP) is -0.178. The molecule has 0 aromatic heterocycles. The molecule has 2 N–H and O–H groups in total.